The monoisotopic (exact) mass is 265 g/mol. The Balaban J connectivity index is 2.17. The van der Waals surface area contributed by atoms with E-state index < -0.39 is 0 Å². The van der Waals surface area contributed by atoms with E-state index in [1.54, 1.807) is 18.2 Å². The van der Waals surface area contributed by atoms with Crippen LogP contribution >= 0.6 is 0 Å². The van der Waals surface area contributed by atoms with Crippen molar-refractivity contribution in [3.8, 4) is 0 Å². The molecule has 0 aliphatic carbocycles. The van der Waals surface area contributed by atoms with Gasteiger partial charge in [-0.2, -0.15) is 0 Å². The lowest BCUT2D eigenvalue weighted by molar-refractivity contribution is -0.124. The van der Waals surface area contributed by atoms with E-state index in [9.17, 15) is 9.18 Å². The molecule has 1 unspecified atom stereocenters. The van der Waals surface area contributed by atoms with E-state index in [1.165, 1.54) is 0 Å². The summed E-state index contributed by atoms with van der Waals surface area (Å²) in [6.07, 6.45) is 2.77. The van der Waals surface area contributed by atoms with E-state index in [-0.39, 0.29) is 24.3 Å². The van der Waals surface area contributed by atoms with Gasteiger partial charge in [-0.25, -0.2) is 4.39 Å². The fraction of sp³-hybridized carbons (Fsp3) is 0.500. The molecule has 0 bridgehead atoms. The summed E-state index contributed by atoms with van der Waals surface area (Å²) < 4.78 is 14.1. The quantitative estimate of drug-likeness (QED) is 0.857. The first kappa shape index (κ1) is 14.0. The molecular weight excluding hydrogens is 245 g/mol. The van der Waals surface area contributed by atoms with Gasteiger partial charge in [0.25, 0.3) is 0 Å². The van der Waals surface area contributed by atoms with Gasteiger partial charge in [-0.3, -0.25) is 9.69 Å². The number of primary amides is 1. The Kier molecular flexibility index (Phi) is 4.50. The highest BCUT2D eigenvalue weighted by Gasteiger charge is 2.27. The van der Waals surface area contributed by atoms with Crippen molar-refractivity contribution in [3.63, 3.8) is 0 Å². The molecular formula is C14H20FN3O. The van der Waals surface area contributed by atoms with Crippen LogP contribution in [-0.4, -0.2) is 23.4 Å². The third-order valence-electron chi connectivity index (χ3n) is 3.69. The minimum Gasteiger partial charge on any atom is -0.368 e. The Morgan fingerprint density at radius 3 is 2.79 bits per heavy atom. The Bertz CT molecular complexity index is 464. The molecule has 1 saturated heterocycles. The van der Waals surface area contributed by atoms with Crippen LogP contribution in [0.25, 0.3) is 0 Å². The van der Waals surface area contributed by atoms with Crippen LogP contribution in [0.15, 0.2) is 18.2 Å². The SMILES string of the molecule is NCc1cccc(CN2CCCCC2C(N)=O)c1F. The molecule has 4 nitrogen and oxygen atoms in total. The van der Waals surface area contributed by atoms with Gasteiger partial charge in [0.05, 0.1) is 6.04 Å². The topological polar surface area (TPSA) is 72.3 Å². The molecule has 0 aromatic heterocycles. The number of halogens is 1. The van der Waals surface area contributed by atoms with Crippen LogP contribution in [-0.2, 0) is 17.9 Å². The number of carbonyl (C=O) groups is 1. The lowest BCUT2D eigenvalue weighted by atomic mass is 10.00. The molecule has 1 amide bonds. The third-order valence-corrected chi connectivity index (χ3v) is 3.69. The maximum Gasteiger partial charge on any atom is 0.234 e. The maximum absolute atomic E-state index is 14.1. The fourth-order valence-electron chi connectivity index (χ4n) is 2.63. The number of nitrogens with zero attached hydrogens (tertiary/aromatic N) is 1. The van der Waals surface area contributed by atoms with Gasteiger partial charge in [0.15, 0.2) is 0 Å². The second-order valence-corrected chi connectivity index (χ2v) is 4.98. The summed E-state index contributed by atoms with van der Waals surface area (Å²) in [5, 5.41) is 0. The molecule has 2 rings (SSSR count). The average molecular weight is 265 g/mol. The van der Waals surface area contributed by atoms with E-state index >= 15 is 0 Å². The van der Waals surface area contributed by atoms with Crippen molar-refractivity contribution < 1.29 is 9.18 Å². The summed E-state index contributed by atoms with van der Waals surface area (Å²) in [6.45, 7) is 1.37. The average Bonchev–Trinajstić information content (AvgIpc) is 2.41. The zero-order valence-electron chi connectivity index (χ0n) is 10.9. The van der Waals surface area contributed by atoms with E-state index in [0.717, 1.165) is 25.8 Å². The maximum atomic E-state index is 14.1. The molecule has 1 aliphatic heterocycles. The minimum absolute atomic E-state index is 0.179. The van der Waals surface area contributed by atoms with E-state index in [4.69, 9.17) is 11.5 Å². The highest BCUT2D eigenvalue weighted by Crippen LogP contribution is 2.21. The Labute approximate surface area is 112 Å². The predicted octanol–water partition coefficient (Wildman–Crippen LogP) is 1.12. The normalized spacial score (nSPS) is 20.4. The van der Waals surface area contributed by atoms with Gasteiger partial charge in [0.1, 0.15) is 5.82 Å². The van der Waals surface area contributed by atoms with Crippen LogP contribution in [0.4, 0.5) is 4.39 Å². The first-order chi connectivity index (χ1) is 9.13. The van der Waals surface area contributed by atoms with Crippen LogP contribution in [0.5, 0.6) is 0 Å². The Morgan fingerprint density at radius 1 is 1.37 bits per heavy atom. The Hall–Kier alpha value is -1.46. The zero-order valence-corrected chi connectivity index (χ0v) is 10.9. The number of likely N-dealkylation sites (tertiary alicyclic amines) is 1. The Morgan fingerprint density at radius 2 is 2.11 bits per heavy atom. The first-order valence-electron chi connectivity index (χ1n) is 6.63. The number of carbonyl (C=O) groups excluding carboxylic acids is 1. The molecule has 1 heterocycles. The molecule has 1 aliphatic rings. The minimum atomic E-state index is -0.324. The van der Waals surface area contributed by atoms with E-state index in [2.05, 4.69) is 0 Å². The molecule has 1 aromatic carbocycles. The van der Waals surface area contributed by atoms with Gasteiger partial charge in [0.2, 0.25) is 5.91 Å². The van der Waals surface area contributed by atoms with Crippen LogP contribution in [0.1, 0.15) is 30.4 Å². The molecule has 104 valence electrons. The number of rotatable bonds is 4. The highest BCUT2D eigenvalue weighted by molar-refractivity contribution is 5.79. The summed E-state index contributed by atoms with van der Waals surface area (Å²) in [5.41, 5.74) is 12.0. The molecule has 19 heavy (non-hydrogen) atoms. The molecule has 1 aromatic rings. The van der Waals surface area contributed by atoms with Gasteiger partial charge in [0, 0.05) is 24.2 Å². The molecule has 5 heteroatoms. The van der Waals surface area contributed by atoms with Crippen molar-refractivity contribution in [1.82, 2.24) is 4.90 Å². The summed E-state index contributed by atoms with van der Waals surface area (Å²) >= 11 is 0. The molecule has 0 spiro atoms. The number of amides is 1. The van der Waals surface area contributed by atoms with Crippen molar-refractivity contribution >= 4 is 5.91 Å². The summed E-state index contributed by atoms with van der Waals surface area (Å²) in [4.78, 5) is 13.4. The highest BCUT2D eigenvalue weighted by atomic mass is 19.1. The number of hydrogen-bond acceptors (Lipinski definition) is 3. The van der Waals surface area contributed by atoms with Crippen molar-refractivity contribution in [2.45, 2.75) is 38.4 Å². The van der Waals surface area contributed by atoms with Crippen molar-refractivity contribution in [1.29, 1.82) is 0 Å². The summed E-state index contributed by atoms with van der Waals surface area (Å²) in [7, 11) is 0. The third kappa shape index (κ3) is 3.11. The molecule has 1 atom stereocenters. The van der Waals surface area contributed by atoms with Gasteiger partial charge in [-0.1, -0.05) is 24.6 Å². The van der Waals surface area contributed by atoms with Gasteiger partial charge in [-0.05, 0) is 19.4 Å². The van der Waals surface area contributed by atoms with E-state index in [1.807, 2.05) is 4.90 Å². The second kappa shape index (κ2) is 6.12. The van der Waals surface area contributed by atoms with Crippen LogP contribution in [0.3, 0.4) is 0 Å². The van der Waals surface area contributed by atoms with Gasteiger partial charge >= 0.3 is 0 Å². The van der Waals surface area contributed by atoms with E-state index in [0.29, 0.717) is 17.7 Å². The standard InChI is InChI=1S/C14H20FN3O/c15-13-10(8-16)4-3-5-11(13)9-18-7-2-1-6-12(18)14(17)19/h3-5,12H,1-2,6-9,16H2,(H2,17,19). The summed E-state index contributed by atoms with van der Waals surface area (Å²) in [5.74, 6) is -0.589. The lowest BCUT2D eigenvalue weighted by Gasteiger charge is -2.33. The van der Waals surface area contributed by atoms with Crippen LogP contribution < -0.4 is 11.5 Å². The predicted molar refractivity (Wildman–Crippen MR) is 71.5 cm³/mol. The largest absolute Gasteiger partial charge is 0.368 e. The van der Waals surface area contributed by atoms with Gasteiger partial charge in [-0.15, -0.1) is 0 Å². The number of nitrogens with two attached hydrogens (primary N) is 2. The van der Waals surface area contributed by atoms with Crippen LogP contribution in [0.2, 0.25) is 0 Å². The number of piperidine rings is 1. The lowest BCUT2D eigenvalue weighted by Crippen LogP contribution is -2.47. The molecule has 0 saturated carbocycles. The van der Waals surface area contributed by atoms with Crippen molar-refractivity contribution in [2.75, 3.05) is 6.54 Å². The van der Waals surface area contributed by atoms with Gasteiger partial charge < -0.3 is 11.5 Å². The van der Waals surface area contributed by atoms with Crippen molar-refractivity contribution in [3.05, 3.63) is 35.1 Å². The second-order valence-electron chi connectivity index (χ2n) is 4.98. The smallest absolute Gasteiger partial charge is 0.234 e. The first-order valence-corrected chi connectivity index (χ1v) is 6.63. The number of hydrogen-bond donors (Lipinski definition) is 2. The zero-order chi connectivity index (χ0) is 13.8. The fourth-order valence-corrected chi connectivity index (χ4v) is 2.63. The molecule has 0 radical (unpaired) electrons. The molecule has 4 N–H and O–H groups in total. The number of benzene rings is 1. The van der Waals surface area contributed by atoms with Crippen LogP contribution in [0, 0.1) is 5.82 Å². The van der Waals surface area contributed by atoms with Crippen molar-refractivity contribution in [2.24, 2.45) is 11.5 Å². The summed E-state index contributed by atoms with van der Waals surface area (Å²) in [6, 6.07) is 4.93. The molecule has 1 fully saturated rings.